The van der Waals surface area contributed by atoms with E-state index in [9.17, 15) is 27.7 Å². The number of sulfonamides is 1. The maximum absolute atomic E-state index is 13.3. The molecule has 3 rings (SSSR count). The molecule has 3 aromatic carbocycles. The van der Waals surface area contributed by atoms with Gasteiger partial charge in [0.1, 0.15) is 18.1 Å². The molecule has 0 aliphatic rings. The first-order valence-electron chi connectivity index (χ1n) is 9.59. The minimum absolute atomic E-state index is 0.0136. The summed E-state index contributed by atoms with van der Waals surface area (Å²) in [6.45, 7) is 1.18. The zero-order chi connectivity index (χ0) is 24.2. The smallest absolute Gasteiger partial charge is 0.271 e. The third-order valence-electron chi connectivity index (χ3n) is 4.68. The van der Waals surface area contributed by atoms with Crippen molar-refractivity contribution in [1.29, 1.82) is 0 Å². The van der Waals surface area contributed by atoms with E-state index in [1.807, 2.05) is 6.92 Å². The van der Waals surface area contributed by atoms with Gasteiger partial charge >= 0.3 is 0 Å². The van der Waals surface area contributed by atoms with E-state index in [-0.39, 0.29) is 27.7 Å². The van der Waals surface area contributed by atoms with Crippen molar-refractivity contribution in [1.82, 2.24) is 0 Å². The molecular formula is C22H20FN3O6S. The van der Waals surface area contributed by atoms with Gasteiger partial charge in [0.15, 0.2) is 0 Å². The molecule has 33 heavy (non-hydrogen) atoms. The summed E-state index contributed by atoms with van der Waals surface area (Å²) in [7, 11) is -2.91. The summed E-state index contributed by atoms with van der Waals surface area (Å²) in [5.41, 5.74) is 0.829. The molecular weight excluding hydrogens is 453 g/mol. The lowest BCUT2D eigenvalue weighted by atomic mass is 10.2. The first kappa shape index (κ1) is 23.7. The van der Waals surface area contributed by atoms with Crippen molar-refractivity contribution in [3.63, 3.8) is 0 Å². The summed E-state index contributed by atoms with van der Waals surface area (Å²) in [4.78, 5) is 23.1. The highest BCUT2D eigenvalue weighted by Crippen LogP contribution is 2.29. The lowest BCUT2D eigenvalue weighted by molar-refractivity contribution is -0.384. The zero-order valence-electron chi connectivity index (χ0n) is 17.7. The molecule has 0 aliphatic carbocycles. The van der Waals surface area contributed by atoms with E-state index in [4.69, 9.17) is 4.74 Å². The van der Waals surface area contributed by atoms with Crippen LogP contribution >= 0.6 is 0 Å². The molecule has 9 nitrogen and oxygen atoms in total. The number of carbonyl (C=O) groups is 1. The first-order valence-corrected chi connectivity index (χ1v) is 11.0. The highest BCUT2D eigenvalue weighted by Gasteiger charge is 2.28. The highest BCUT2D eigenvalue weighted by molar-refractivity contribution is 7.92. The Morgan fingerprint density at radius 3 is 2.30 bits per heavy atom. The lowest BCUT2D eigenvalue weighted by Gasteiger charge is -2.24. The zero-order valence-corrected chi connectivity index (χ0v) is 18.5. The number of rotatable bonds is 8. The number of ether oxygens (including phenoxy) is 1. The van der Waals surface area contributed by atoms with Crippen molar-refractivity contribution < 1.29 is 27.3 Å². The molecule has 0 heterocycles. The second-order valence-corrected chi connectivity index (χ2v) is 8.85. The van der Waals surface area contributed by atoms with E-state index >= 15 is 0 Å². The van der Waals surface area contributed by atoms with Gasteiger partial charge in [-0.15, -0.1) is 0 Å². The van der Waals surface area contributed by atoms with Crippen molar-refractivity contribution in [2.24, 2.45) is 0 Å². The first-order chi connectivity index (χ1) is 15.6. The van der Waals surface area contributed by atoms with Crippen LogP contribution in [0, 0.1) is 22.9 Å². The van der Waals surface area contributed by atoms with E-state index in [0.29, 0.717) is 0 Å². The van der Waals surface area contributed by atoms with Crippen LogP contribution in [0.2, 0.25) is 0 Å². The van der Waals surface area contributed by atoms with Gasteiger partial charge in [0.25, 0.3) is 15.7 Å². The summed E-state index contributed by atoms with van der Waals surface area (Å²) >= 11 is 0. The summed E-state index contributed by atoms with van der Waals surface area (Å²) in [5.74, 6) is -1.20. The summed E-state index contributed by atoms with van der Waals surface area (Å²) in [5, 5.41) is 13.5. The van der Waals surface area contributed by atoms with Gasteiger partial charge in [-0.2, -0.15) is 0 Å². The van der Waals surface area contributed by atoms with Crippen LogP contribution in [-0.2, 0) is 14.8 Å². The molecule has 0 aliphatic heterocycles. The molecule has 0 saturated heterocycles. The van der Waals surface area contributed by atoms with Crippen LogP contribution in [0.1, 0.15) is 5.56 Å². The number of hydrogen-bond donors (Lipinski definition) is 1. The maximum Gasteiger partial charge on any atom is 0.271 e. The van der Waals surface area contributed by atoms with E-state index < -0.39 is 33.2 Å². The molecule has 0 saturated carbocycles. The van der Waals surface area contributed by atoms with Gasteiger partial charge in [0.2, 0.25) is 5.91 Å². The third kappa shape index (κ3) is 5.44. The van der Waals surface area contributed by atoms with Crippen molar-refractivity contribution in [3.05, 3.63) is 88.2 Å². The fourth-order valence-electron chi connectivity index (χ4n) is 2.99. The molecule has 1 amide bonds. The SMILES string of the molecule is COc1ccc([N+](=O)[O-])cc1NC(=O)CN(c1ccc(C)cc1)S(=O)(=O)c1ccc(F)cc1. The van der Waals surface area contributed by atoms with Crippen LogP contribution in [0.5, 0.6) is 5.75 Å². The predicted octanol–water partition coefficient (Wildman–Crippen LogP) is 3.88. The molecule has 172 valence electrons. The number of carbonyl (C=O) groups excluding carboxylic acids is 1. The Morgan fingerprint density at radius 1 is 1.09 bits per heavy atom. The second kappa shape index (κ2) is 9.65. The van der Waals surface area contributed by atoms with Crippen LogP contribution in [0.15, 0.2) is 71.6 Å². The number of nitro groups is 1. The van der Waals surface area contributed by atoms with Gasteiger partial charge in [-0.3, -0.25) is 19.2 Å². The number of nitro benzene ring substituents is 1. The van der Waals surface area contributed by atoms with Crippen molar-refractivity contribution in [2.75, 3.05) is 23.3 Å². The number of aryl methyl sites for hydroxylation is 1. The van der Waals surface area contributed by atoms with Gasteiger partial charge in [0.05, 0.1) is 28.3 Å². The number of nitrogens with zero attached hydrogens (tertiary/aromatic N) is 2. The quantitative estimate of drug-likeness (QED) is 0.392. The Bertz CT molecular complexity index is 1280. The number of amides is 1. The third-order valence-corrected chi connectivity index (χ3v) is 6.47. The maximum atomic E-state index is 13.3. The normalized spacial score (nSPS) is 11.0. The molecule has 1 N–H and O–H groups in total. The van der Waals surface area contributed by atoms with Crippen LogP contribution in [-0.4, -0.2) is 32.9 Å². The number of benzene rings is 3. The monoisotopic (exact) mass is 473 g/mol. The van der Waals surface area contributed by atoms with Crippen LogP contribution < -0.4 is 14.4 Å². The molecule has 3 aromatic rings. The molecule has 0 spiro atoms. The van der Waals surface area contributed by atoms with Gasteiger partial charge in [0, 0.05) is 12.1 Å². The predicted molar refractivity (Wildman–Crippen MR) is 120 cm³/mol. The van der Waals surface area contributed by atoms with Crippen molar-refractivity contribution in [3.8, 4) is 5.75 Å². The fourth-order valence-corrected chi connectivity index (χ4v) is 4.41. The number of hydrogen-bond acceptors (Lipinski definition) is 6. The molecule has 0 unspecified atom stereocenters. The summed E-state index contributed by atoms with van der Waals surface area (Å²) in [6, 6.07) is 14.3. The number of nitrogens with one attached hydrogen (secondary N) is 1. The van der Waals surface area contributed by atoms with E-state index in [1.165, 1.54) is 31.4 Å². The second-order valence-electron chi connectivity index (χ2n) is 6.99. The number of halogens is 1. The summed E-state index contributed by atoms with van der Waals surface area (Å²) < 4.78 is 45.9. The van der Waals surface area contributed by atoms with Gasteiger partial charge in [-0.25, -0.2) is 12.8 Å². The van der Waals surface area contributed by atoms with Gasteiger partial charge in [-0.1, -0.05) is 17.7 Å². The van der Waals surface area contributed by atoms with Gasteiger partial charge in [-0.05, 0) is 49.4 Å². The number of non-ortho nitro benzene ring substituents is 1. The van der Waals surface area contributed by atoms with Crippen LogP contribution in [0.25, 0.3) is 0 Å². The van der Waals surface area contributed by atoms with Gasteiger partial charge < -0.3 is 10.1 Å². The van der Waals surface area contributed by atoms with E-state index in [2.05, 4.69) is 5.32 Å². The topological polar surface area (TPSA) is 119 Å². The number of methoxy groups -OCH3 is 1. The molecule has 0 atom stereocenters. The van der Waals surface area contributed by atoms with E-state index in [0.717, 1.165) is 40.2 Å². The molecule has 0 aromatic heterocycles. The average Bonchev–Trinajstić information content (AvgIpc) is 2.78. The minimum Gasteiger partial charge on any atom is -0.495 e. The Hall–Kier alpha value is -3.99. The Kier molecular flexibility index (Phi) is 6.92. The molecule has 11 heteroatoms. The highest BCUT2D eigenvalue weighted by atomic mass is 32.2. The molecule has 0 bridgehead atoms. The van der Waals surface area contributed by atoms with Crippen LogP contribution in [0.4, 0.5) is 21.5 Å². The van der Waals surface area contributed by atoms with Crippen molar-refractivity contribution >= 4 is 33.0 Å². The van der Waals surface area contributed by atoms with E-state index in [1.54, 1.807) is 12.1 Å². The fraction of sp³-hybridized carbons (Fsp3) is 0.136. The Balaban J connectivity index is 1.96. The molecule has 0 radical (unpaired) electrons. The Morgan fingerprint density at radius 2 is 1.73 bits per heavy atom. The van der Waals surface area contributed by atoms with Crippen molar-refractivity contribution in [2.45, 2.75) is 11.8 Å². The lowest BCUT2D eigenvalue weighted by Crippen LogP contribution is -2.38. The minimum atomic E-state index is -4.24. The largest absolute Gasteiger partial charge is 0.495 e. The summed E-state index contributed by atoms with van der Waals surface area (Å²) in [6.07, 6.45) is 0. The molecule has 0 fully saturated rings. The average molecular weight is 473 g/mol. The standard InChI is InChI=1S/C22H20FN3O6S/c1-15-3-7-17(8-4-15)25(33(30,31)19-10-5-16(23)6-11-19)14-22(27)24-20-13-18(26(28)29)9-12-21(20)32-2/h3-13H,14H2,1-2H3,(H,24,27). The number of anilines is 2. The Labute approximate surface area is 189 Å². The van der Waals surface area contributed by atoms with Crippen LogP contribution in [0.3, 0.4) is 0 Å².